The highest BCUT2D eigenvalue weighted by molar-refractivity contribution is 6.35. The number of non-ortho nitro benzene ring substituents is 1. The summed E-state index contributed by atoms with van der Waals surface area (Å²) < 4.78 is 11.4. The summed E-state index contributed by atoms with van der Waals surface area (Å²) in [5.74, 6) is -0.711. The summed E-state index contributed by atoms with van der Waals surface area (Å²) in [4.78, 5) is 40.4. The number of morpholine rings is 1. The lowest BCUT2D eigenvalue weighted by Gasteiger charge is -2.37. The number of unbranched alkanes of at least 4 members (excludes halogenated alkanes) is 1. The van der Waals surface area contributed by atoms with Crippen LogP contribution in [-0.4, -0.2) is 71.6 Å². The van der Waals surface area contributed by atoms with E-state index in [1.54, 1.807) is 0 Å². The van der Waals surface area contributed by atoms with Crippen LogP contribution < -0.4 is 0 Å². The van der Waals surface area contributed by atoms with Crippen molar-refractivity contribution in [2.75, 3.05) is 32.8 Å². The predicted octanol–water partition coefficient (Wildman–Crippen LogP) is 2.99. The fourth-order valence-corrected chi connectivity index (χ4v) is 4.10. The van der Waals surface area contributed by atoms with Gasteiger partial charge in [-0.3, -0.25) is 24.6 Å². The molecule has 3 rings (SSSR count). The van der Waals surface area contributed by atoms with Crippen LogP contribution in [0.15, 0.2) is 30.0 Å². The number of ether oxygens (including phenoxy) is 2. The Labute approximate surface area is 188 Å². The van der Waals surface area contributed by atoms with Gasteiger partial charge in [0.2, 0.25) is 0 Å². The normalized spacial score (nSPS) is 21.6. The van der Waals surface area contributed by atoms with Crippen molar-refractivity contribution in [3.63, 3.8) is 0 Å². The minimum absolute atomic E-state index is 0.0672. The lowest BCUT2D eigenvalue weighted by Crippen LogP contribution is -2.47. The molecule has 2 atom stereocenters. The Kier molecular flexibility index (Phi) is 7.98. The van der Waals surface area contributed by atoms with Crippen LogP contribution in [0.25, 0.3) is 5.57 Å². The van der Waals surface area contributed by atoms with E-state index in [1.165, 1.54) is 29.2 Å². The third-order valence-electron chi connectivity index (χ3n) is 5.56. The molecular formula is C23H31N3O6. The largest absolute Gasteiger partial charge is 0.381 e. The molecule has 2 aliphatic heterocycles. The third kappa shape index (κ3) is 5.34. The third-order valence-corrected chi connectivity index (χ3v) is 5.56. The van der Waals surface area contributed by atoms with E-state index in [0.717, 1.165) is 12.8 Å². The summed E-state index contributed by atoms with van der Waals surface area (Å²) >= 11 is 0. The van der Waals surface area contributed by atoms with Gasteiger partial charge < -0.3 is 14.4 Å². The van der Waals surface area contributed by atoms with Crippen molar-refractivity contribution in [2.24, 2.45) is 0 Å². The van der Waals surface area contributed by atoms with Crippen LogP contribution in [0, 0.1) is 10.1 Å². The molecule has 9 nitrogen and oxygen atoms in total. The minimum Gasteiger partial charge on any atom is -0.381 e. The molecule has 0 aromatic heterocycles. The van der Waals surface area contributed by atoms with Crippen molar-refractivity contribution in [1.29, 1.82) is 0 Å². The maximum Gasteiger partial charge on any atom is 0.277 e. The van der Waals surface area contributed by atoms with Gasteiger partial charge in [-0.05, 0) is 44.4 Å². The van der Waals surface area contributed by atoms with E-state index >= 15 is 0 Å². The molecular weight excluding hydrogens is 414 g/mol. The second kappa shape index (κ2) is 10.7. The number of amides is 2. The molecule has 2 heterocycles. The zero-order valence-electron chi connectivity index (χ0n) is 18.9. The van der Waals surface area contributed by atoms with Crippen molar-refractivity contribution < 1.29 is 24.0 Å². The van der Waals surface area contributed by atoms with Crippen molar-refractivity contribution in [3.05, 3.63) is 45.6 Å². The van der Waals surface area contributed by atoms with Gasteiger partial charge in [-0.25, -0.2) is 0 Å². The summed E-state index contributed by atoms with van der Waals surface area (Å²) in [5.41, 5.74) is 1.07. The number of imide groups is 1. The van der Waals surface area contributed by atoms with Crippen LogP contribution in [0.5, 0.6) is 0 Å². The van der Waals surface area contributed by atoms with E-state index in [9.17, 15) is 19.7 Å². The van der Waals surface area contributed by atoms with E-state index in [-0.39, 0.29) is 41.8 Å². The summed E-state index contributed by atoms with van der Waals surface area (Å²) in [7, 11) is 0. The van der Waals surface area contributed by atoms with Gasteiger partial charge in [-0.15, -0.1) is 0 Å². The average molecular weight is 446 g/mol. The molecule has 0 saturated carbocycles. The Morgan fingerprint density at radius 1 is 1.06 bits per heavy atom. The number of hydrogen-bond donors (Lipinski definition) is 0. The Morgan fingerprint density at radius 3 is 2.28 bits per heavy atom. The van der Waals surface area contributed by atoms with Gasteiger partial charge in [0.05, 0.1) is 22.7 Å². The van der Waals surface area contributed by atoms with Crippen LogP contribution in [0.2, 0.25) is 0 Å². The van der Waals surface area contributed by atoms with E-state index in [4.69, 9.17) is 9.47 Å². The van der Waals surface area contributed by atoms with Gasteiger partial charge in [-0.2, -0.15) is 0 Å². The molecule has 2 aliphatic rings. The molecule has 32 heavy (non-hydrogen) atoms. The molecule has 174 valence electrons. The fraction of sp³-hybridized carbons (Fsp3) is 0.565. The first-order valence-electron chi connectivity index (χ1n) is 11.2. The van der Waals surface area contributed by atoms with Gasteiger partial charge in [0.25, 0.3) is 17.5 Å². The number of nitro benzene ring substituents is 1. The topological polar surface area (TPSA) is 102 Å². The lowest BCUT2D eigenvalue weighted by atomic mass is 10.0. The summed E-state index contributed by atoms with van der Waals surface area (Å²) in [5, 5.41) is 11.0. The second-order valence-electron chi connectivity index (χ2n) is 8.27. The Balaban J connectivity index is 1.86. The molecule has 2 unspecified atom stereocenters. The fourth-order valence-electron chi connectivity index (χ4n) is 4.10. The predicted molar refractivity (Wildman–Crippen MR) is 119 cm³/mol. The smallest absolute Gasteiger partial charge is 0.277 e. The van der Waals surface area contributed by atoms with E-state index in [2.05, 4.69) is 6.92 Å². The number of nitro groups is 1. The quantitative estimate of drug-likeness (QED) is 0.236. The first-order valence-corrected chi connectivity index (χ1v) is 11.2. The maximum atomic E-state index is 13.4. The molecule has 2 amide bonds. The van der Waals surface area contributed by atoms with Gasteiger partial charge >= 0.3 is 0 Å². The Bertz CT molecular complexity index is 872. The van der Waals surface area contributed by atoms with Crippen LogP contribution in [0.3, 0.4) is 0 Å². The number of carbonyl (C=O) groups is 2. The molecule has 1 saturated heterocycles. The number of benzene rings is 1. The minimum atomic E-state index is -0.489. The molecule has 1 aromatic carbocycles. The molecule has 0 aliphatic carbocycles. The first-order chi connectivity index (χ1) is 15.3. The highest BCUT2D eigenvalue weighted by Crippen LogP contribution is 2.34. The maximum absolute atomic E-state index is 13.4. The van der Waals surface area contributed by atoms with Crippen molar-refractivity contribution in [3.8, 4) is 0 Å². The Morgan fingerprint density at radius 2 is 1.69 bits per heavy atom. The zero-order chi connectivity index (χ0) is 23.3. The van der Waals surface area contributed by atoms with Crippen LogP contribution in [0.4, 0.5) is 5.69 Å². The molecule has 0 radical (unpaired) electrons. The van der Waals surface area contributed by atoms with E-state index in [0.29, 0.717) is 44.0 Å². The van der Waals surface area contributed by atoms with Crippen molar-refractivity contribution >= 4 is 23.1 Å². The molecule has 9 heteroatoms. The SMILES string of the molecule is CCCCOCCCN1C(=O)C(c2ccc([N+](=O)[O-])cc2)=C(N2CC(C)OC(C)C2)C1=O. The number of hydrogen-bond acceptors (Lipinski definition) is 7. The first kappa shape index (κ1) is 23.9. The van der Waals surface area contributed by atoms with Crippen LogP contribution in [0.1, 0.15) is 45.6 Å². The van der Waals surface area contributed by atoms with Crippen LogP contribution >= 0.6 is 0 Å². The molecule has 1 aromatic rings. The average Bonchev–Trinajstić information content (AvgIpc) is 3.00. The van der Waals surface area contributed by atoms with E-state index < -0.39 is 4.92 Å². The zero-order valence-corrected chi connectivity index (χ0v) is 18.9. The van der Waals surface area contributed by atoms with E-state index in [1.807, 2.05) is 18.7 Å². The summed E-state index contributed by atoms with van der Waals surface area (Å²) in [6.45, 7) is 8.34. The summed E-state index contributed by atoms with van der Waals surface area (Å²) in [6, 6.07) is 5.77. The van der Waals surface area contributed by atoms with Crippen molar-refractivity contribution in [1.82, 2.24) is 9.80 Å². The Hall–Kier alpha value is -2.78. The number of nitrogens with zero attached hydrogens (tertiary/aromatic N) is 3. The summed E-state index contributed by atoms with van der Waals surface area (Å²) in [6.07, 6.45) is 2.40. The van der Waals surface area contributed by atoms with Gasteiger partial charge in [0, 0.05) is 45.0 Å². The van der Waals surface area contributed by atoms with Crippen LogP contribution in [-0.2, 0) is 19.1 Å². The lowest BCUT2D eigenvalue weighted by molar-refractivity contribution is -0.384. The van der Waals surface area contributed by atoms with Gasteiger partial charge in [0.15, 0.2) is 0 Å². The molecule has 0 N–H and O–H groups in total. The molecule has 1 fully saturated rings. The molecule has 0 spiro atoms. The standard InChI is InChI=1S/C23H31N3O6/c1-4-5-12-31-13-6-11-25-22(27)20(18-7-9-19(10-8-18)26(29)30)21(23(25)28)24-14-16(2)32-17(3)15-24/h7-10,16-17H,4-6,11-15H2,1-3H3. The highest BCUT2D eigenvalue weighted by atomic mass is 16.6. The van der Waals surface area contributed by atoms with Crippen molar-refractivity contribution in [2.45, 2.75) is 52.2 Å². The number of carbonyl (C=O) groups excluding carboxylic acids is 2. The second-order valence-corrected chi connectivity index (χ2v) is 8.27. The number of rotatable bonds is 10. The highest BCUT2D eigenvalue weighted by Gasteiger charge is 2.42. The molecule has 0 bridgehead atoms. The monoisotopic (exact) mass is 445 g/mol. The van der Waals surface area contributed by atoms with Gasteiger partial charge in [0.1, 0.15) is 5.70 Å². The van der Waals surface area contributed by atoms with Gasteiger partial charge in [-0.1, -0.05) is 13.3 Å².